The van der Waals surface area contributed by atoms with Gasteiger partial charge in [-0.2, -0.15) is 0 Å². The second kappa shape index (κ2) is 10.1. The highest BCUT2D eigenvalue weighted by Gasteiger charge is 2.24. The number of hydrogen-bond acceptors (Lipinski definition) is 5. The van der Waals surface area contributed by atoms with E-state index in [1.807, 2.05) is 14.1 Å². The van der Waals surface area contributed by atoms with Crippen molar-refractivity contribution < 1.29 is 14.3 Å². The lowest BCUT2D eigenvalue weighted by molar-refractivity contribution is -0.125. The number of hydrogen-bond donors (Lipinski definition) is 1. The molecule has 3 rings (SSSR count). The average molecular weight is 376 g/mol. The smallest absolute Gasteiger partial charge is 0.222 e. The molecular formula is C21H33N3O3. The fourth-order valence-electron chi connectivity index (χ4n) is 3.80. The number of benzene rings is 1. The molecule has 1 aromatic carbocycles. The van der Waals surface area contributed by atoms with E-state index in [-0.39, 0.29) is 18.1 Å². The van der Waals surface area contributed by atoms with Gasteiger partial charge in [-0.3, -0.25) is 9.69 Å². The number of anilines is 1. The van der Waals surface area contributed by atoms with Crippen molar-refractivity contribution in [3.05, 3.63) is 29.8 Å². The Kier molecular flexibility index (Phi) is 7.50. The number of amides is 1. The maximum absolute atomic E-state index is 12.4. The van der Waals surface area contributed by atoms with E-state index < -0.39 is 0 Å². The van der Waals surface area contributed by atoms with Crippen molar-refractivity contribution in [1.29, 1.82) is 0 Å². The summed E-state index contributed by atoms with van der Waals surface area (Å²) >= 11 is 0. The maximum atomic E-state index is 12.4. The van der Waals surface area contributed by atoms with Crippen LogP contribution < -0.4 is 10.2 Å². The Morgan fingerprint density at radius 2 is 1.93 bits per heavy atom. The van der Waals surface area contributed by atoms with Gasteiger partial charge in [-0.1, -0.05) is 12.1 Å². The van der Waals surface area contributed by atoms with Crippen LogP contribution in [0.25, 0.3) is 0 Å². The van der Waals surface area contributed by atoms with E-state index in [1.165, 1.54) is 11.3 Å². The lowest BCUT2D eigenvalue weighted by atomic mass is 10.0. The van der Waals surface area contributed by atoms with Crippen LogP contribution in [0.4, 0.5) is 5.69 Å². The molecule has 6 nitrogen and oxygen atoms in total. The predicted molar refractivity (Wildman–Crippen MR) is 107 cm³/mol. The number of carbonyl (C=O) groups is 1. The quantitative estimate of drug-likeness (QED) is 0.792. The minimum absolute atomic E-state index is 0.0833. The SMILES string of the molecule is CN(C)c1ccc(C(CNC(=O)CC2CCCCO2)N2CCOCC2)cc1. The second-order valence-corrected chi connectivity index (χ2v) is 7.65. The van der Waals surface area contributed by atoms with Crippen molar-refractivity contribution in [3.8, 4) is 0 Å². The first-order valence-electron chi connectivity index (χ1n) is 10.1. The first-order chi connectivity index (χ1) is 13.1. The summed E-state index contributed by atoms with van der Waals surface area (Å²) in [6, 6.07) is 8.79. The molecule has 27 heavy (non-hydrogen) atoms. The summed E-state index contributed by atoms with van der Waals surface area (Å²) in [5.41, 5.74) is 2.41. The number of nitrogens with zero attached hydrogens (tertiary/aromatic N) is 2. The molecule has 6 heteroatoms. The number of rotatable bonds is 7. The van der Waals surface area contributed by atoms with Crippen LogP contribution in [0.5, 0.6) is 0 Å². The lowest BCUT2D eigenvalue weighted by Gasteiger charge is -2.35. The van der Waals surface area contributed by atoms with E-state index in [1.54, 1.807) is 0 Å². The van der Waals surface area contributed by atoms with Gasteiger partial charge >= 0.3 is 0 Å². The van der Waals surface area contributed by atoms with Gasteiger partial charge in [0, 0.05) is 46.0 Å². The summed E-state index contributed by atoms with van der Waals surface area (Å²) in [5, 5.41) is 3.15. The van der Waals surface area contributed by atoms with Crippen molar-refractivity contribution >= 4 is 11.6 Å². The molecule has 2 saturated heterocycles. The Labute approximate surface area is 162 Å². The first-order valence-corrected chi connectivity index (χ1v) is 10.1. The Hall–Kier alpha value is -1.63. The van der Waals surface area contributed by atoms with Crippen LogP contribution in [0, 0.1) is 0 Å². The van der Waals surface area contributed by atoms with Gasteiger partial charge in [0.2, 0.25) is 5.91 Å². The Morgan fingerprint density at radius 1 is 1.19 bits per heavy atom. The minimum Gasteiger partial charge on any atom is -0.379 e. The van der Waals surface area contributed by atoms with Crippen LogP contribution in [0.15, 0.2) is 24.3 Å². The lowest BCUT2D eigenvalue weighted by Crippen LogP contribution is -2.44. The topological polar surface area (TPSA) is 54.0 Å². The third-order valence-electron chi connectivity index (χ3n) is 5.46. The zero-order chi connectivity index (χ0) is 19.1. The molecule has 150 valence electrons. The molecule has 1 amide bonds. The summed E-state index contributed by atoms with van der Waals surface area (Å²) in [5.74, 6) is 0.0880. The van der Waals surface area contributed by atoms with Gasteiger partial charge in [-0.05, 0) is 37.0 Å². The molecule has 2 atom stereocenters. The van der Waals surface area contributed by atoms with E-state index in [0.29, 0.717) is 13.0 Å². The number of carbonyl (C=O) groups excluding carboxylic acids is 1. The van der Waals surface area contributed by atoms with Gasteiger partial charge in [0.15, 0.2) is 0 Å². The van der Waals surface area contributed by atoms with Gasteiger partial charge in [-0.15, -0.1) is 0 Å². The van der Waals surface area contributed by atoms with Crippen LogP contribution in [-0.4, -0.2) is 70.5 Å². The first kappa shape index (κ1) is 20.1. The molecule has 2 fully saturated rings. The van der Waals surface area contributed by atoms with E-state index in [9.17, 15) is 4.79 Å². The second-order valence-electron chi connectivity index (χ2n) is 7.65. The molecule has 2 aliphatic rings. The zero-order valence-electron chi connectivity index (χ0n) is 16.7. The van der Waals surface area contributed by atoms with Crippen LogP contribution in [0.1, 0.15) is 37.3 Å². The molecule has 2 aliphatic heterocycles. The Bertz CT molecular complexity index is 579. The molecule has 1 N–H and O–H groups in total. The molecule has 0 saturated carbocycles. The zero-order valence-corrected chi connectivity index (χ0v) is 16.7. The number of ether oxygens (including phenoxy) is 2. The molecule has 1 aromatic rings. The van der Waals surface area contributed by atoms with Gasteiger partial charge in [-0.25, -0.2) is 0 Å². The van der Waals surface area contributed by atoms with Gasteiger partial charge in [0.1, 0.15) is 0 Å². The van der Waals surface area contributed by atoms with Crippen LogP contribution in [0.3, 0.4) is 0 Å². The van der Waals surface area contributed by atoms with Crippen LogP contribution in [0.2, 0.25) is 0 Å². The summed E-state index contributed by atoms with van der Waals surface area (Å²) in [6.07, 6.45) is 3.81. The molecule has 2 unspecified atom stereocenters. The van der Waals surface area contributed by atoms with Crippen LogP contribution in [-0.2, 0) is 14.3 Å². The Morgan fingerprint density at radius 3 is 2.56 bits per heavy atom. The summed E-state index contributed by atoms with van der Waals surface area (Å²) < 4.78 is 11.2. The highest BCUT2D eigenvalue weighted by atomic mass is 16.5. The standard InChI is InChI=1S/C21H33N3O3/c1-23(2)18-8-6-17(7-9-18)20(24-10-13-26-14-11-24)16-22-21(25)15-19-5-3-4-12-27-19/h6-9,19-20H,3-5,10-16H2,1-2H3,(H,22,25). The fourth-order valence-corrected chi connectivity index (χ4v) is 3.80. The highest BCUT2D eigenvalue weighted by molar-refractivity contribution is 5.76. The van der Waals surface area contributed by atoms with E-state index >= 15 is 0 Å². The van der Waals surface area contributed by atoms with Gasteiger partial charge in [0.05, 0.1) is 31.8 Å². The third-order valence-corrected chi connectivity index (χ3v) is 5.46. The predicted octanol–water partition coefficient (Wildman–Crippen LogP) is 2.20. The molecule has 0 spiro atoms. The normalized spacial score (nSPS) is 22.2. The van der Waals surface area contributed by atoms with Crippen molar-refractivity contribution in [1.82, 2.24) is 10.2 Å². The fraction of sp³-hybridized carbons (Fsp3) is 0.667. The molecule has 0 radical (unpaired) electrons. The van der Waals surface area contributed by atoms with Crippen molar-refractivity contribution in [2.24, 2.45) is 0 Å². The largest absolute Gasteiger partial charge is 0.379 e. The summed E-state index contributed by atoms with van der Waals surface area (Å²) in [6.45, 7) is 4.68. The van der Waals surface area contributed by atoms with E-state index in [0.717, 1.165) is 52.2 Å². The van der Waals surface area contributed by atoms with Crippen molar-refractivity contribution in [2.45, 2.75) is 37.8 Å². The summed E-state index contributed by atoms with van der Waals surface area (Å²) in [7, 11) is 4.09. The Balaban J connectivity index is 1.61. The molecule has 2 heterocycles. The monoisotopic (exact) mass is 375 g/mol. The maximum Gasteiger partial charge on any atom is 0.222 e. The average Bonchev–Trinajstić information content (AvgIpc) is 2.70. The third kappa shape index (κ3) is 5.92. The van der Waals surface area contributed by atoms with Crippen LogP contribution >= 0.6 is 0 Å². The van der Waals surface area contributed by atoms with E-state index in [4.69, 9.17) is 9.47 Å². The molecule has 0 bridgehead atoms. The van der Waals surface area contributed by atoms with Crippen molar-refractivity contribution in [2.75, 3.05) is 58.5 Å². The molecular weight excluding hydrogens is 342 g/mol. The van der Waals surface area contributed by atoms with Gasteiger partial charge in [0.25, 0.3) is 0 Å². The van der Waals surface area contributed by atoms with E-state index in [2.05, 4.69) is 39.4 Å². The number of nitrogens with one attached hydrogen (secondary N) is 1. The van der Waals surface area contributed by atoms with Crippen molar-refractivity contribution in [3.63, 3.8) is 0 Å². The number of morpholine rings is 1. The molecule has 0 aromatic heterocycles. The minimum atomic E-state index is 0.0833. The molecule has 0 aliphatic carbocycles. The van der Waals surface area contributed by atoms with Gasteiger partial charge < -0.3 is 19.7 Å². The highest BCUT2D eigenvalue weighted by Crippen LogP contribution is 2.24. The summed E-state index contributed by atoms with van der Waals surface area (Å²) in [4.78, 5) is 16.9.